The molecule has 0 unspecified atom stereocenters. The van der Waals surface area contributed by atoms with Crippen molar-refractivity contribution in [1.82, 2.24) is 4.98 Å². The van der Waals surface area contributed by atoms with Gasteiger partial charge in [-0.05, 0) is 43.2 Å². The zero-order chi connectivity index (χ0) is 17.8. The molecule has 0 aliphatic carbocycles. The van der Waals surface area contributed by atoms with Crippen LogP contribution < -0.4 is 10.1 Å². The Balaban J connectivity index is 1.82. The first kappa shape index (κ1) is 17.4. The molecule has 0 atom stereocenters. The average Bonchev–Trinajstić information content (AvgIpc) is 2.98. The zero-order valence-corrected chi connectivity index (χ0v) is 15.3. The fourth-order valence-electron chi connectivity index (χ4n) is 2.60. The number of thiazole rings is 1. The number of rotatable bonds is 6. The molecule has 0 radical (unpaired) electrons. The molecule has 0 bridgehead atoms. The summed E-state index contributed by atoms with van der Waals surface area (Å²) >= 11 is 1.47. The summed E-state index contributed by atoms with van der Waals surface area (Å²) < 4.78 is 11.7. The second-order valence-corrected chi connectivity index (χ2v) is 6.77. The lowest BCUT2D eigenvalue weighted by Gasteiger charge is -2.10. The first-order valence-corrected chi connectivity index (χ1v) is 8.80. The molecule has 0 saturated heterocycles. The molecule has 1 heterocycles. The van der Waals surface area contributed by atoms with Crippen molar-refractivity contribution in [1.29, 1.82) is 0 Å². The van der Waals surface area contributed by atoms with Gasteiger partial charge in [0.25, 0.3) is 5.91 Å². The van der Waals surface area contributed by atoms with Crippen LogP contribution in [0.1, 0.15) is 21.5 Å². The minimum Gasteiger partial charge on any atom is -0.490 e. The first-order chi connectivity index (χ1) is 12.1. The highest BCUT2D eigenvalue weighted by molar-refractivity contribution is 7.22. The molecule has 1 aromatic heterocycles. The molecule has 3 rings (SSSR count). The van der Waals surface area contributed by atoms with Gasteiger partial charge in [-0.1, -0.05) is 29.5 Å². The number of carbonyl (C=O) groups is 1. The number of para-hydroxylation sites is 1. The van der Waals surface area contributed by atoms with Crippen LogP contribution in [0.3, 0.4) is 0 Å². The van der Waals surface area contributed by atoms with E-state index in [2.05, 4.69) is 29.4 Å². The number of aryl methyl sites for hydroxylation is 2. The lowest BCUT2D eigenvalue weighted by molar-refractivity contribution is 0.101. The molecule has 6 heteroatoms. The van der Waals surface area contributed by atoms with E-state index >= 15 is 0 Å². The largest absolute Gasteiger partial charge is 0.490 e. The van der Waals surface area contributed by atoms with Gasteiger partial charge in [0.05, 0.1) is 22.4 Å². The molecule has 130 valence electrons. The van der Waals surface area contributed by atoms with Gasteiger partial charge in [-0.2, -0.15) is 0 Å². The van der Waals surface area contributed by atoms with E-state index in [0.717, 1.165) is 15.8 Å². The van der Waals surface area contributed by atoms with Crippen LogP contribution in [0.4, 0.5) is 5.13 Å². The van der Waals surface area contributed by atoms with Crippen molar-refractivity contribution in [3.05, 3.63) is 53.1 Å². The van der Waals surface area contributed by atoms with Crippen LogP contribution >= 0.6 is 11.3 Å². The molecule has 1 amide bonds. The predicted molar refractivity (Wildman–Crippen MR) is 101 cm³/mol. The van der Waals surface area contributed by atoms with Gasteiger partial charge in [-0.3, -0.25) is 10.1 Å². The number of amides is 1. The minimum atomic E-state index is -0.235. The van der Waals surface area contributed by atoms with Gasteiger partial charge in [0.15, 0.2) is 5.13 Å². The predicted octanol–water partition coefficient (Wildman–Crippen LogP) is 4.19. The number of methoxy groups -OCH3 is 1. The Morgan fingerprint density at radius 1 is 1.20 bits per heavy atom. The topological polar surface area (TPSA) is 60.5 Å². The van der Waals surface area contributed by atoms with Gasteiger partial charge in [0.1, 0.15) is 12.4 Å². The van der Waals surface area contributed by atoms with Crippen LogP contribution in [-0.4, -0.2) is 31.2 Å². The number of hydrogen-bond donors (Lipinski definition) is 1. The molecule has 25 heavy (non-hydrogen) atoms. The third kappa shape index (κ3) is 3.97. The van der Waals surface area contributed by atoms with Crippen LogP contribution in [0, 0.1) is 13.8 Å². The van der Waals surface area contributed by atoms with Crippen LogP contribution in [0.25, 0.3) is 10.2 Å². The van der Waals surface area contributed by atoms with Crippen LogP contribution in [-0.2, 0) is 4.74 Å². The maximum atomic E-state index is 12.6. The number of benzene rings is 2. The molecule has 0 spiro atoms. The average molecular weight is 356 g/mol. The molecular weight excluding hydrogens is 336 g/mol. The van der Waals surface area contributed by atoms with E-state index in [1.54, 1.807) is 19.2 Å². The maximum Gasteiger partial charge on any atom is 0.261 e. The summed E-state index contributed by atoms with van der Waals surface area (Å²) in [6.07, 6.45) is 0. The van der Waals surface area contributed by atoms with Gasteiger partial charge < -0.3 is 9.47 Å². The molecule has 2 aromatic carbocycles. The van der Waals surface area contributed by atoms with E-state index in [-0.39, 0.29) is 5.91 Å². The second-order valence-electron chi connectivity index (χ2n) is 5.74. The molecule has 0 saturated carbocycles. The molecule has 1 N–H and O–H groups in total. The summed E-state index contributed by atoms with van der Waals surface area (Å²) in [5.41, 5.74) is 3.69. The van der Waals surface area contributed by atoms with Crippen molar-refractivity contribution in [2.24, 2.45) is 0 Å². The highest BCUT2D eigenvalue weighted by atomic mass is 32.1. The van der Waals surface area contributed by atoms with Gasteiger partial charge in [-0.15, -0.1) is 0 Å². The Kier molecular flexibility index (Phi) is 5.31. The highest BCUT2D eigenvalue weighted by Gasteiger charge is 2.15. The lowest BCUT2D eigenvalue weighted by atomic mass is 10.1. The van der Waals surface area contributed by atoms with Gasteiger partial charge in [-0.25, -0.2) is 4.98 Å². The third-order valence-electron chi connectivity index (χ3n) is 3.73. The van der Waals surface area contributed by atoms with Crippen molar-refractivity contribution >= 4 is 32.6 Å². The Hall–Kier alpha value is -2.44. The number of fused-ring (bicyclic) bond motifs is 1. The normalized spacial score (nSPS) is 10.8. The van der Waals surface area contributed by atoms with E-state index in [0.29, 0.717) is 29.7 Å². The molecule has 0 fully saturated rings. The first-order valence-electron chi connectivity index (χ1n) is 7.98. The third-order valence-corrected chi connectivity index (χ3v) is 4.64. The summed E-state index contributed by atoms with van der Waals surface area (Å²) in [5, 5.41) is 3.47. The fraction of sp³-hybridized carbons (Fsp3) is 0.263. The maximum absolute atomic E-state index is 12.6. The number of hydrogen-bond acceptors (Lipinski definition) is 5. The Morgan fingerprint density at radius 2 is 2.00 bits per heavy atom. The highest BCUT2D eigenvalue weighted by Crippen LogP contribution is 2.30. The van der Waals surface area contributed by atoms with E-state index < -0.39 is 0 Å². The smallest absolute Gasteiger partial charge is 0.261 e. The summed E-state index contributed by atoms with van der Waals surface area (Å²) in [6, 6.07) is 11.3. The zero-order valence-electron chi connectivity index (χ0n) is 14.5. The summed E-state index contributed by atoms with van der Waals surface area (Å²) in [5.74, 6) is 0.298. The monoisotopic (exact) mass is 356 g/mol. The molecule has 0 aliphatic heterocycles. The van der Waals surface area contributed by atoms with Crippen molar-refractivity contribution < 1.29 is 14.3 Å². The van der Waals surface area contributed by atoms with Gasteiger partial charge in [0.2, 0.25) is 0 Å². The Bertz CT molecular complexity index is 905. The lowest BCUT2D eigenvalue weighted by Crippen LogP contribution is -2.14. The van der Waals surface area contributed by atoms with Crippen LogP contribution in [0.15, 0.2) is 36.4 Å². The summed E-state index contributed by atoms with van der Waals surface area (Å²) in [4.78, 5) is 17.2. The quantitative estimate of drug-likeness (QED) is 0.673. The number of nitrogens with one attached hydrogen (secondary N) is 1. The number of anilines is 1. The van der Waals surface area contributed by atoms with Gasteiger partial charge in [0, 0.05) is 7.11 Å². The van der Waals surface area contributed by atoms with Crippen molar-refractivity contribution in [2.75, 3.05) is 25.6 Å². The van der Waals surface area contributed by atoms with Gasteiger partial charge >= 0.3 is 0 Å². The standard InChI is InChI=1S/C19H20N2O3S/c1-12-10-13(2)17-16(11-12)25-19(20-17)21-18(22)14-6-4-5-7-15(14)24-9-8-23-3/h4-7,10-11H,8-9H2,1-3H3,(H,20,21,22). The SMILES string of the molecule is COCCOc1ccccc1C(=O)Nc1nc2c(C)cc(C)cc2s1. The molecule has 5 nitrogen and oxygen atoms in total. The van der Waals surface area contributed by atoms with E-state index in [9.17, 15) is 4.79 Å². The van der Waals surface area contributed by atoms with E-state index in [1.165, 1.54) is 16.9 Å². The number of aromatic nitrogens is 1. The van der Waals surface area contributed by atoms with Crippen molar-refractivity contribution in [3.63, 3.8) is 0 Å². The number of ether oxygens (including phenoxy) is 2. The Labute approximate surface area is 150 Å². The summed E-state index contributed by atoms with van der Waals surface area (Å²) in [7, 11) is 1.61. The van der Waals surface area contributed by atoms with E-state index in [1.807, 2.05) is 19.1 Å². The van der Waals surface area contributed by atoms with Crippen LogP contribution in [0.2, 0.25) is 0 Å². The fourth-order valence-corrected chi connectivity index (χ4v) is 3.64. The minimum absolute atomic E-state index is 0.235. The molecule has 0 aliphatic rings. The number of carbonyl (C=O) groups excluding carboxylic acids is 1. The van der Waals surface area contributed by atoms with Crippen molar-refractivity contribution in [2.45, 2.75) is 13.8 Å². The van der Waals surface area contributed by atoms with Crippen molar-refractivity contribution in [3.8, 4) is 5.75 Å². The number of nitrogens with zero attached hydrogens (tertiary/aromatic N) is 1. The van der Waals surface area contributed by atoms with E-state index in [4.69, 9.17) is 9.47 Å². The second kappa shape index (κ2) is 7.63. The van der Waals surface area contributed by atoms with Crippen LogP contribution in [0.5, 0.6) is 5.75 Å². The Morgan fingerprint density at radius 3 is 2.80 bits per heavy atom. The summed E-state index contributed by atoms with van der Waals surface area (Å²) in [6.45, 7) is 4.93. The molecule has 3 aromatic rings. The molecular formula is C19H20N2O3S.